The molecule has 2 aliphatic rings. The van der Waals surface area contributed by atoms with Crippen LogP contribution in [-0.4, -0.2) is 51.8 Å². The summed E-state index contributed by atoms with van der Waals surface area (Å²) in [7, 11) is 0. The van der Waals surface area contributed by atoms with Crippen LogP contribution in [0.15, 0.2) is 30.7 Å². The third-order valence-corrected chi connectivity index (χ3v) is 7.28. The van der Waals surface area contributed by atoms with Gasteiger partial charge in [0, 0.05) is 48.4 Å². The smallest absolute Gasteiger partial charge is 0.252 e. The number of anilines is 1. The fraction of sp³-hybridized carbons (Fsp3) is 0.500. The van der Waals surface area contributed by atoms with Gasteiger partial charge in [-0.2, -0.15) is 0 Å². The summed E-state index contributed by atoms with van der Waals surface area (Å²) in [4.78, 5) is 13.5. The van der Waals surface area contributed by atoms with Gasteiger partial charge in [0.2, 0.25) is 5.95 Å². The summed E-state index contributed by atoms with van der Waals surface area (Å²) in [6.07, 6.45) is 8.33. The zero-order valence-electron chi connectivity index (χ0n) is 19.2. The van der Waals surface area contributed by atoms with E-state index in [1.165, 1.54) is 0 Å². The Morgan fingerprint density at radius 1 is 1.12 bits per heavy atom. The van der Waals surface area contributed by atoms with Gasteiger partial charge >= 0.3 is 0 Å². The molecule has 6 rings (SSSR count). The fourth-order valence-corrected chi connectivity index (χ4v) is 5.29. The average molecular weight is 468 g/mol. The number of hydrogen-bond acceptors (Lipinski definition) is 6. The van der Waals surface area contributed by atoms with Gasteiger partial charge in [0.05, 0.1) is 22.8 Å². The predicted octanol–water partition coefficient (Wildman–Crippen LogP) is 4.53. The molecule has 0 bridgehead atoms. The molecule has 0 unspecified atom stereocenters. The number of rotatable bonds is 4. The highest BCUT2D eigenvalue weighted by Crippen LogP contribution is 2.47. The second-order valence-corrected chi connectivity index (χ2v) is 10.1. The number of imidazole rings is 1. The summed E-state index contributed by atoms with van der Waals surface area (Å²) in [5.74, 6) is -1.35. The largest absolute Gasteiger partial charge is 0.390 e. The minimum atomic E-state index is -2.60. The average Bonchev–Trinajstić information content (AvgIpc) is 3.32. The number of aromatic nitrogens is 6. The Balaban J connectivity index is 1.29. The first-order chi connectivity index (χ1) is 16.2. The maximum absolute atomic E-state index is 13.5. The van der Waals surface area contributed by atoms with Crippen molar-refractivity contribution in [1.82, 2.24) is 29.1 Å². The Morgan fingerprint density at radius 3 is 2.62 bits per heavy atom. The van der Waals surface area contributed by atoms with Crippen LogP contribution in [0.5, 0.6) is 0 Å². The molecule has 0 saturated heterocycles. The minimum absolute atomic E-state index is 0.166. The van der Waals surface area contributed by atoms with Gasteiger partial charge in [-0.3, -0.25) is 0 Å². The monoisotopic (exact) mass is 467 g/mol. The summed E-state index contributed by atoms with van der Waals surface area (Å²) < 4.78 is 30.7. The third kappa shape index (κ3) is 3.70. The van der Waals surface area contributed by atoms with Crippen LogP contribution in [0.3, 0.4) is 0 Å². The van der Waals surface area contributed by atoms with Gasteiger partial charge in [-0.15, -0.1) is 5.10 Å². The molecule has 0 aromatic carbocycles. The maximum atomic E-state index is 13.5. The van der Waals surface area contributed by atoms with Crippen LogP contribution >= 0.6 is 0 Å². The third-order valence-electron chi connectivity index (χ3n) is 7.28. The highest BCUT2D eigenvalue weighted by molar-refractivity contribution is 5.85. The topological polar surface area (TPSA) is 93.2 Å². The second-order valence-electron chi connectivity index (χ2n) is 10.1. The summed E-state index contributed by atoms with van der Waals surface area (Å²) in [6, 6.07) is 3.90. The highest BCUT2D eigenvalue weighted by atomic mass is 19.3. The van der Waals surface area contributed by atoms with Gasteiger partial charge in [-0.1, -0.05) is 0 Å². The van der Waals surface area contributed by atoms with Gasteiger partial charge in [-0.05, 0) is 51.7 Å². The molecule has 0 amide bonds. The molecule has 34 heavy (non-hydrogen) atoms. The van der Waals surface area contributed by atoms with Crippen LogP contribution in [0.25, 0.3) is 27.8 Å². The van der Waals surface area contributed by atoms with Gasteiger partial charge in [0.1, 0.15) is 5.82 Å². The van der Waals surface area contributed by atoms with Crippen molar-refractivity contribution in [3.8, 4) is 11.1 Å². The zero-order valence-corrected chi connectivity index (χ0v) is 19.2. The lowest BCUT2D eigenvalue weighted by atomic mass is 9.84. The number of aryl methyl sites for hydroxylation is 1. The first kappa shape index (κ1) is 21.4. The molecule has 2 aliphatic carbocycles. The van der Waals surface area contributed by atoms with E-state index < -0.39 is 11.5 Å². The molecule has 4 aromatic heterocycles. The lowest BCUT2D eigenvalue weighted by molar-refractivity contribution is -0.103. The SMILES string of the molecule is Cc1nc2ncc(-c3ccn4nc(NC5CCC(C)(O)CC5)ncc34)cc2n1C1CC(F)(F)C1. The van der Waals surface area contributed by atoms with E-state index in [2.05, 4.69) is 25.4 Å². The van der Waals surface area contributed by atoms with Crippen molar-refractivity contribution >= 4 is 22.6 Å². The molecule has 8 nitrogen and oxygen atoms in total. The molecule has 0 radical (unpaired) electrons. The lowest BCUT2D eigenvalue weighted by Gasteiger charge is -2.36. The van der Waals surface area contributed by atoms with E-state index in [-0.39, 0.29) is 24.9 Å². The Hall–Kier alpha value is -3.14. The summed E-state index contributed by atoms with van der Waals surface area (Å²) in [6.45, 7) is 3.72. The molecular formula is C24H27F2N7O. The molecule has 0 aliphatic heterocycles. The molecule has 0 spiro atoms. The van der Waals surface area contributed by atoms with Crippen molar-refractivity contribution in [1.29, 1.82) is 0 Å². The van der Waals surface area contributed by atoms with E-state index in [4.69, 9.17) is 0 Å². The molecule has 0 atom stereocenters. The predicted molar refractivity (Wildman–Crippen MR) is 124 cm³/mol. The van der Waals surface area contributed by atoms with Crippen molar-refractivity contribution in [2.45, 2.75) is 76.0 Å². The van der Waals surface area contributed by atoms with Crippen molar-refractivity contribution in [3.05, 3.63) is 36.5 Å². The van der Waals surface area contributed by atoms with E-state index in [0.717, 1.165) is 47.8 Å². The van der Waals surface area contributed by atoms with E-state index in [1.807, 2.05) is 36.7 Å². The number of alkyl halides is 2. The Morgan fingerprint density at radius 2 is 1.88 bits per heavy atom. The van der Waals surface area contributed by atoms with Crippen LogP contribution in [0.2, 0.25) is 0 Å². The molecule has 2 N–H and O–H groups in total. The summed E-state index contributed by atoms with van der Waals surface area (Å²) >= 11 is 0. The molecule has 4 heterocycles. The van der Waals surface area contributed by atoms with E-state index in [1.54, 1.807) is 16.9 Å². The van der Waals surface area contributed by atoms with Crippen molar-refractivity contribution in [2.75, 3.05) is 5.32 Å². The van der Waals surface area contributed by atoms with Crippen molar-refractivity contribution < 1.29 is 13.9 Å². The highest BCUT2D eigenvalue weighted by Gasteiger charge is 2.47. The van der Waals surface area contributed by atoms with Gasteiger partial charge < -0.3 is 15.0 Å². The van der Waals surface area contributed by atoms with Gasteiger partial charge in [-0.25, -0.2) is 28.2 Å². The van der Waals surface area contributed by atoms with Crippen LogP contribution < -0.4 is 5.32 Å². The van der Waals surface area contributed by atoms with Crippen LogP contribution in [-0.2, 0) is 0 Å². The second kappa shape index (κ2) is 7.43. The zero-order chi connectivity index (χ0) is 23.7. The Labute approximate surface area is 195 Å². The molecule has 178 valence electrons. The number of nitrogens with one attached hydrogen (secondary N) is 1. The van der Waals surface area contributed by atoms with Gasteiger partial charge in [0.15, 0.2) is 5.65 Å². The minimum Gasteiger partial charge on any atom is -0.390 e. The summed E-state index contributed by atoms with van der Waals surface area (Å²) in [5, 5.41) is 18.2. The fourth-order valence-electron chi connectivity index (χ4n) is 5.29. The number of nitrogens with zero attached hydrogens (tertiary/aromatic N) is 6. The van der Waals surface area contributed by atoms with Crippen LogP contribution in [0.4, 0.5) is 14.7 Å². The normalized spacial score (nSPS) is 25.0. The number of hydrogen-bond donors (Lipinski definition) is 2. The maximum Gasteiger partial charge on any atom is 0.252 e. The van der Waals surface area contributed by atoms with Crippen molar-refractivity contribution in [3.63, 3.8) is 0 Å². The first-order valence-corrected chi connectivity index (χ1v) is 11.7. The van der Waals surface area contributed by atoms with Crippen LogP contribution in [0.1, 0.15) is 57.3 Å². The molecular weight excluding hydrogens is 440 g/mol. The van der Waals surface area contributed by atoms with E-state index >= 15 is 0 Å². The molecule has 4 aromatic rings. The standard InChI is InChI=1S/C24H27F2N7O/c1-14-29-21-19(33(14)17-10-24(25,26)11-17)9-15(12-27-21)18-5-8-32-20(18)13-28-22(31-32)30-16-3-6-23(2,34)7-4-16/h5,8-9,12-13,16-17,34H,3-4,6-7,10-11H2,1-2H3,(H,30,31). The number of aliphatic hydroxyl groups is 1. The first-order valence-electron chi connectivity index (χ1n) is 11.7. The number of pyridine rings is 1. The Kier molecular flexibility index (Phi) is 4.68. The number of halogens is 2. The summed E-state index contributed by atoms with van der Waals surface area (Å²) in [5.41, 5.74) is 3.36. The quantitative estimate of drug-likeness (QED) is 0.458. The number of fused-ring (bicyclic) bond motifs is 2. The van der Waals surface area contributed by atoms with Crippen LogP contribution in [0, 0.1) is 6.92 Å². The Bertz CT molecular complexity index is 1380. The van der Waals surface area contributed by atoms with Crippen molar-refractivity contribution in [2.24, 2.45) is 0 Å². The molecule has 2 saturated carbocycles. The van der Waals surface area contributed by atoms with E-state index in [9.17, 15) is 13.9 Å². The van der Waals surface area contributed by atoms with E-state index in [0.29, 0.717) is 17.4 Å². The lowest BCUT2D eigenvalue weighted by Crippen LogP contribution is -2.37. The van der Waals surface area contributed by atoms with Gasteiger partial charge in [0.25, 0.3) is 5.92 Å². The molecule has 10 heteroatoms. The molecule has 2 fully saturated rings.